The molecule has 152 valence electrons. The lowest BCUT2D eigenvalue weighted by molar-refractivity contribution is 0.311. The number of hydrogen-bond acceptors (Lipinski definition) is 4. The van der Waals surface area contributed by atoms with Gasteiger partial charge in [0.15, 0.2) is 0 Å². The Kier molecular flexibility index (Phi) is 4.97. The first-order valence-electron chi connectivity index (χ1n) is 9.99. The molecule has 5 nitrogen and oxygen atoms in total. The SMILES string of the molecule is Fc1ccccc1Cn1cc(C(c2ccoc2)N2C=CC(Cc3ccoc3)C2)cn1. The first-order chi connectivity index (χ1) is 14.8. The summed E-state index contributed by atoms with van der Waals surface area (Å²) in [7, 11) is 0. The second-order valence-electron chi connectivity index (χ2n) is 7.66. The summed E-state index contributed by atoms with van der Waals surface area (Å²) in [5.41, 5.74) is 3.92. The lowest BCUT2D eigenvalue weighted by Gasteiger charge is -2.27. The van der Waals surface area contributed by atoms with Gasteiger partial charge in [-0.3, -0.25) is 4.68 Å². The summed E-state index contributed by atoms with van der Waals surface area (Å²) >= 11 is 0. The highest BCUT2D eigenvalue weighted by atomic mass is 19.1. The second kappa shape index (κ2) is 8.06. The highest BCUT2D eigenvalue weighted by Crippen LogP contribution is 2.33. The standard InChI is InChI=1S/C24H22FN3O2/c25-23-4-2-1-3-20(23)14-28-15-22(12-26-28)24(21-7-10-30-17-21)27-8-5-18(13-27)11-19-6-9-29-16-19/h1-10,12,15-18,24H,11,13-14H2. The van der Waals surface area contributed by atoms with E-state index in [2.05, 4.69) is 22.3 Å². The van der Waals surface area contributed by atoms with Crippen LogP contribution in [0.4, 0.5) is 4.39 Å². The maximum atomic E-state index is 14.0. The Morgan fingerprint density at radius 3 is 2.73 bits per heavy atom. The molecule has 6 heteroatoms. The smallest absolute Gasteiger partial charge is 0.128 e. The predicted octanol–water partition coefficient (Wildman–Crippen LogP) is 5.03. The Balaban J connectivity index is 1.36. The van der Waals surface area contributed by atoms with Gasteiger partial charge in [-0.2, -0.15) is 5.10 Å². The second-order valence-corrected chi connectivity index (χ2v) is 7.66. The van der Waals surface area contributed by atoms with E-state index in [1.165, 1.54) is 11.6 Å². The lowest BCUT2D eigenvalue weighted by Crippen LogP contribution is -2.25. The molecule has 4 aromatic rings. The largest absolute Gasteiger partial charge is 0.472 e. The molecule has 4 heterocycles. The Morgan fingerprint density at radius 2 is 1.93 bits per heavy atom. The van der Waals surface area contributed by atoms with E-state index in [0.29, 0.717) is 18.0 Å². The number of hydrogen-bond donors (Lipinski definition) is 0. The molecule has 2 atom stereocenters. The van der Waals surface area contributed by atoms with Gasteiger partial charge < -0.3 is 13.7 Å². The van der Waals surface area contributed by atoms with Crippen LogP contribution in [-0.4, -0.2) is 21.2 Å². The Hall–Kier alpha value is -3.54. The summed E-state index contributed by atoms with van der Waals surface area (Å²) in [6.07, 6.45) is 16.2. The van der Waals surface area contributed by atoms with E-state index in [1.54, 1.807) is 41.9 Å². The summed E-state index contributed by atoms with van der Waals surface area (Å²) in [5, 5.41) is 4.49. The molecule has 0 aliphatic carbocycles. The minimum Gasteiger partial charge on any atom is -0.472 e. The number of aromatic nitrogens is 2. The van der Waals surface area contributed by atoms with Gasteiger partial charge in [-0.15, -0.1) is 0 Å². The van der Waals surface area contributed by atoms with Crippen molar-refractivity contribution in [2.24, 2.45) is 5.92 Å². The van der Waals surface area contributed by atoms with Crippen molar-refractivity contribution in [2.75, 3.05) is 6.54 Å². The van der Waals surface area contributed by atoms with E-state index in [-0.39, 0.29) is 11.9 Å². The van der Waals surface area contributed by atoms with E-state index in [0.717, 1.165) is 24.1 Å². The van der Waals surface area contributed by atoms with Gasteiger partial charge in [-0.05, 0) is 36.4 Å². The molecule has 1 aliphatic rings. The van der Waals surface area contributed by atoms with E-state index in [4.69, 9.17) is 8.83 Å². The van der Waals surface area contributed by atoms with Gasteiger partial charge in [-0.1, -0.05) is 24.3 Å². The van der Waals surface area contributed by atoms with Crippen LogP contribution in [0, 0.1) is 11.7 Å². The molecule has 0 saturated heterocycles. The van der Waals surface area contributed by atoms with Crippen LogP contribution in [0.25, 0.3) is 0 Å². The number of rotatable bonds is 7. The monoisotopic (exact) mass is 403 g/mol. The molecule has 0 amide bonds. The van der Waals surface area contributed by atoms with Crippen molar-refractivity contribution in [3.05, 3.63) is 114 Å². The summed E-state index contributed by atoms with van der Waals surface area (Å²) in [5.74, 6) is 0.191. The van der Waals surface area contributed by atoms with Gasteiger partial charge in [0, 0.05) is 35.3 Å². The fraction of sp³-hybridized carbons (Fsp3) is 0.208. The zero-order valence-corrected chi connectivity index (χ0v) is 16.4. The van der Waals surface area contributed by atoms with Gasteiger partial charge in [0.05, 0.1) is 43.8 Å². The first-order valence-corrected chi connectivity index (χ1v) is 9.99. The van der Waals surface area contributed by atoms with Crippen molar-refractivity contribution in [1.82, 2.24) is 14.7 Å². The first kappa shape index (κ1) is 18.5. The number of nitrogens with zero attached hydrogens (tertiary/aromatic N) is 3. The Bertz CT molecular complexity index is 1120. The molecule has 30 heavy (non-hydrogen) atoms. The Labute approximate surface area is 174 Å². The molecule has 0 radical (unpaired) electrons. The fourth-order valence-corrected chi connectivity index (χ4v) is 4.07. The third-order valence-corrected chi connectivity index (χ3v) is 5.52. The van der Waals surface area contributed by atoms with Crippen molar-refractivity contribution in [1.29, 1.82) is 0 Å². The van der Waals surface area contributed by atoms with Crippen LogP contribution < -0.4 is 0 Å². The molecule has 0 fully saturated rings. The van der Waals surface area contributed by atoms with Crippen molar-refractivity contribution >= 4 is 0 Å². The molecular formula is C24H22FN3O2. The molecule has 0 saturated carbocycles. The van der Waals surface area contributed by atoms with Crippen molar-refractivity contribution in [2.45, 2.75) is 19.0 Å². The van der Waals surface area contributed by atoms with Gasteiger partial charge >= 0.3 is 0 Å². The summed E-state index contributed by atoms with van der Waals surface area (Å²) < 4.78 is 26.4. The zero-order valence-electron chi connectivity index (χ0n) is 16.4. The van der Waals surface area contributed by atoms with Gasteiger partial charge in [0.2, 0.25) is 0 Å². The topological polar surface area (TPSA) is 47.3 Å². The minimum absolute atomic E-state index is 0.0104. The molecule has 5 rings (SSSR count). The van der Waals surface area contributed by atoms with Gasteiger partial charge in [0.25, 0.3) is 0 Å². The third kappa shape index (κ3) is 3.81. The summed E-state index contributed by atoms with van der Waals surface area (Å²) in [6, 6.07) is 10.8. The van der Waals surface area contributed by atoms with Gasteiger partial charge in [0.1, 0.15) is 5.82 Å². The summed E-state index contributed by atoms with van der Waals surface area (Å²) in [4.78, 5) is 2.31. The van der Waals surface area contributed by atoms with E-state index in [9.17, 15) is 4.39 Å². The normalized spacial score (nSPS) is 17.0. The molecule has 2 unspecified atom stereocenters. The van der Waals surface area contributed by atoms with Crippen LogP contribution in [0.1, 0.15) is 28.3 Å². The Morgan fingerprint density at radius 1 is 1.07 bits per heavy atom. The number of benzene rings is 1. The zero-order chi connectivity index (χ0) is 20.3. The number of halogens is 1. The van der Waals surface area contributed by atoms with Crippen LogP contribution in [0.5, 0.6) is 0 Å². The van der Waals surface area contributed by atoms with E-state index in [1.807, 2.05) is 30.6 Å². The van der Waals surface area contributed by atoms with Crippen LogP contribution >= 0.6 is 0 Å². The maximum Gasteiger partial charge on any atom is 0.128 e. The van der Waals surface area contributed by atoms with Crippen molar-refractivity contribution in [3.63, 3.8) is 0 Å². The van der Waals surface area contributed by atoms with E-state index < -0.39 is 0 Å². The maximum absolute atomic E-state index is 14.0. The van der Waals surface area contributed by atoms with Crippen LogP contribution in [0.2, 0.25) is 0 Å². The number of furan rings is 2. The lowest BCUT2D eigenvalue weighted by atomic mass is 10.0. The van der Waals surface area contributed by atoms with E-state index >= 15 is 0 Å². The van der Waals surface area contributed by atoms with Crippen molar-refractivity contribution < 1.29 is 13.2 Å². The molecule has 0 bridgehead atoms. The third-order valence-electron chi connectivity index (χ3n) is 5.52. The summed E-state index contributed by atoms with van der Waals surface area (Å²) in [6.45, 7) is 1.28. The average molecular weight is 403 g/mol. The highest BCUT2D eigenvalue weighted by molar-refractivity contribution is 5.29. The average Bonchev–Trinajstić information content (AvgIpc) is 3.54. The van der Waals surface area contributed by atoms with Crippen LogP contribution in [-0.2, 0) is 13.0 Å². The molecule has 1 aromatic carbocycles. The molecule has 0 spiro atoms. The molecular weight excluding hydrogens is 381 g/mol. The quantitative estimate of drug-likeness (QED) is 0.434. The van der Waals surface area contributed by atoms with Crippen molar-refractivity contribution in [3.8, 4) is 0 Å². The van der Waals surface area contributed by atoms with Crippen LogP contribution in [0.3, 0.4) is 0 Å². The minimum atomic E-state index is -0.217. The highest BCUT2D eigenvalue weighted by Gasteiger charge is 2.28. The predicted molar refractivity (Wildman–Crippen MR) is 110 cm³/mol. The van der Waals surface area contributed by atoms with Gasteiger partial charge in [-0.25, -0.2) is 4.39 Å². The molecule has 0 N–H and O–H groups in total. The fourth-order valence-electron chi connectivity index (χ4n) is 4.07. The molecule has 3 aromatic heterocycles. The molecule has 1 aliphatic heterocycles. The van der Waals surface area contributed by atoms with Crippen LogP contribution in [0.15, 0.2) is 95.0 Å².